The van der Waals surface area contributed by atoms with Crippen molar-refractivity contribution in [3.63, 3.8) is 0 Å². The van der Waals surface area contributed by atoms with Crippen molar-refractivity contribution >= 4 is 0 Å². The highest BCUT2D eigenvalue weighted by molar-refractivity contribution is 4.73. The van der Waals surface area contributed by atoms with Gasteiger partial charge in [0.2, 0.25) is 0 Å². The molecule has 3 nitrogen and oxygen atoms in total. The predicted octanol–water partition coefficient (Wildman–Crippen LogP) is 2.51. The lowest BCUT2D eigenvalue weighted by Gasteiger charge is -2.20. The Bertz CT molecular complexity index is 161. The minimum absolute atomic E-state index is 0.0391. The summed E-state index contributed by atoms with van der Waals surface area (Å²) in [5.41, 5.74) is 0. The lowest BCUT2D eigenvalue weighted by molar-refractivity contribution is -0.0583. The molecule has 0 heterocycles. The van der Waals surface area contributed by atoms with Crippen molar-refractivity contribution in [1.82, 2.24) is 0 Å². The minimum Gasteiger partial charge on any atom is -0.390 e. The van der Waals surface area contributed by atoms with Crippen LogP contribution in [0.5, 0.6) is 0 Å². The average molecular weight is 230 g/mol. The molecule has 0 amide bonds. The second-order valence-electron chi connectivity index (χ2n) is 4.58. The molecular weight excluding hydrogens is 204 g/mol. The van der Waals surface area contributed by atoms with Crippen LogP contribution >= 0.6 is 0 Å². The van der Waals surface area contributed by atoms with Gasteiger partial charge in [-0.1, -0.05) is 32.6 Å². The molecular formula is C13H26O3. The maximum Gasteiger partial charge on any atom is 0.0835 e. The Hall–Kier alpha value is -0.120. The zero-order valence-electron chi connectivity index (χ0n) is 10.5. The topological polar surface area (TPSA) is 38.7 Å². The Morgan fingerprint density at radius 3 is 2.69 bits per heavy atom. The molecule has 1 N–H and O–H groups in total. The molecule has 0 aromatic carbocycles. The normalized spacial score (nSPS) is 26.6. The summed E-state index contributed by atoms with van der Waals surface area (Å²) in [4.78, 5) is 0. The van der Waals surface area contributed by atoms with Crippen LogP contribution in [0.25, 0.3) is 0 Å². The summed E-state index contributed by atoms with van der Waals surface area (Å²) < 4.78 is 11.1. The van der Waals surface area contributed by atoms with Gasteiger partial charge in [-0.15, -0.1) is 0 Å². The van der Waals surface area contributed by atoms with Gasteiger partial charge in [0.1, 0.15) is 0 Å². The number of hydrogen-bond acceptors (Lipinski definition) is 3. The molecule has 3 heteroatoms. The van der Waals surface area contributed by atoms with Crippen LogP contribution in [0.1, 0.15) is 51.9 Å². The van der Waals surface area contributed by atoms with Crippen LogP contribution in [0.15, 0.2) is 0 Å². The van der Waals surface area contributed by atoms with Crippen molar-refractivity contribution < 1.29 is 14.6 Å². The number of ether oxygens (including phenoxy) is 2. The lowest BCUT2D eigenvalue weighted by atomic mass is 10.1. The van der Waals surface area contributed by atoms with E-state index in [9.17, 15) is 5.11 Å². The van der Waals surface area contributed by atoms with Crippen LogP contribution in [0.2, 0.25) is 0 Å². The first kappa shape index (κ1) is 13.9. The molecule has 0 saturated heterocycles. The van der Waals surface area contributed by atoms with Crippen molar-refractivity contribution in [2.45, 2.75) is 64.1 Å². The van der Waals surface area contributed by atoms with E-state index in [1.165, 1.54) is 19.3 Å². The highest BCUT2D eigenvalue weighted by Gasteiger charge is 2.21. The number of unbranched alkanes of at least 4 members (excludes halogenated alkanes) is 1. The molecule has 1 saturated carbocycles. The second-order valence-corrected chi connectivity index (χ2v) is 4.58. The first-order valence-electron chi connectivity index (χ1n) is 6.72. The van der Waals surface area contributed by atoms with Crippen molar-refractivity contribution in [1.29, 1.82) is 0 Å². The molecule has 0 aliphatic heterocycles. The van der Waals surface area contributed by atoms with E-state index < -0.39 is 0 Å². The van der Waals surface area contributed by atoms with Gasteiger partial charge in [0.25, 0.3) is 0 Å². The van der Waals surface area contributed by atoms with Crippen LogP contribution in [-0.2, 0) is 9.47 Å². The molecule has 1 rings (SSSR count). The Balaban J connectivity index is 2.01. The number of aliphatic hydroxyl groups excluding tert-OH is 1. The van der Waals surface area contributed by atoms with Crippen molar-refractivity contribution in [2.75, 3.05) is 19.8 Å². The van der Waals surface area contributed by atoms with E-state index in [4.69, 9.17) is 9.47 Å². The Morgan fingerprint density at radius 1 is 1.06 bits per heavy atom. The van der Waals surface area contributed by atoms with Gasteiger partial charge in [-0.2, -0.15) is 0 Å². The van der Waals surface area contributed by atoms with Crippen LogP contribution in [0.4, 0.5) is 0 Å². The summed E-state index contributed by atoms with van der Waals surface area (Å²) in [5, 5.41) is 9.82. The van der Waals surface area contributed by atoms with Gasteiger partial charge < -0.3 is 14.6 Å². The third kappa shape index (κ3) is 5.83. The van der Waals surface area contributed by atoms with Gasteiger partial charge in [-0.25, -0.2) is 0 Å². The third-order valence-corrected chi connectivity index (χ3v) is 3.12. The molecule has 0 bridgehead atoms. The second kappa shape index (κ2) is 8.97. The smallest absolute Gasteiger partial charge is 0.0835 e. The highest BCUT2D eigenvalue weighted by atomic mass is 16.5. The van der Waals surface area contributed by atoms with Gasteiger partial charge in [0, 0.05) is 6.61 Å². The molecule has 2 unspecified atom stereocenters. The summed E-state index contributed by atoms with van der Waals surface area (Å²) in [6.07, 6.45) is 7.48. The van der Waals surface area contributed by atoms with Crippen LogP contribution in [-0.4, -0.2) is 37.1 Å². The van der Waals surface area contributed by atoms with E-state index in [0.29, 0.717) is 13.2 Å². The fourth-order valence-corrected chi connectivity index (χ4v) is 2.06. The van der Waals surface area contributed by atoms with Gasteiger partial charge in [-0.3, -0.25) is 0 Å². The maximum absolute atomic E-state index is 9.82. The summed E-state index contributed by atoms with van der Waals surface area (Å²) in [5.74, 6) is 0. The van der Waals surface area contributed by atoms with Crippen LogP contribution in [0.3, 0.4) is 0 Å². The zero-order chi connectivity index (χ0) is 11.6. The fourth-order valence-electron chi connectivity index (χ4n) is 2.06. The molecule has 0 radical (unpaired) electrons. The van der Waals surface area contributed by atoms with Gasteiger partial charge in [0.15, 0.2) is 0 Å². The number of hydrogen-bond donors (Lipinski definition) is 1. The zero-order valence-corrected chi connectivity index (χ0v) is 10.5. The van der Waals surface area contributed by atoms with Crippen molar-refractivity contribution in [2.24, 2.45) is 0 Å². The quantitative estimate of drug-likeness (QED) is 0.539. The first-order valence-corrected chi connectivity index (χ1v) is 6.72. The molecule has 1 fully saturated rings. The van der Waals surface area contributed by atoms with Crippen molar-refractivity contribution in [3.8, 4) is 0 Å². The molecule has 1 aliphatic carbocycles. The third-order valence-electron chi connectivity index (χ3n) is 3.12. The Kier molecular flexibility index (Phi) is 7.81. The standard InChI is InChI=1S/C13H26O3/c1-2-3-9-15-10-11-16-13-8-6-4-5-7-12(13)14/h12-14H,2-11H2,1H3. The van der Waals surface area contributed by atoms with E-state index in [0.717, 1.165) is 32.3 Å². The summed E-state index contributed by atoms with van der Waals surface area (Å²) in [6.45, 7) is 4.25. The van der Waals surface area contributed by atoms with E-state index in [-0.39, 0.29) is 12.2 Å². The minimum atomic E-state index is -0.266. The lowest BCUT2D eigenvalue weighted by Crippen LogP contribution is -2.29. The number of aliphatic hydroxyl groups is 1. The first-order chi connectivity index (χ1) is 7.84. The van der Waals surface area contributed by atoms with Gasteiger partial charge in [-0.05, 0) is 19.3 Å². The SMILES string of the molecule is CCCCOCCOC1CCCCCC1O. The maximum atomic E-state index is 9.82. The largest absolute Gasteiger partial charge is 0.390 e. The van der Waals surface area contributed by atoms with Gasteiger partial charge in [0.05, 0.1) is 25.4 Å². The summed E-state index contributed by atoms with van der Waals surface area (Å²) in [7, 11) is 0. The molecule has 16 heavy (non-hydrogen) atoms. The fraction of sp³-hybridized carbons (Fsp3) is 1.00. The van der Waals surface area contributed by atoms with E-state index in [2.05, 4.69) is 6.92 Å². The predicted molar refractivity (Wildman–Crippen MR) is 64.6 cm³/mol. The monoisotopic (exact) mass is 230 g/mol. The summed E-state index contributed by atoms with van der Waals surface area (Å²) in [6, 6.07) is 0. The van der Waals surface area contributed by atoms with E-state index >= 15 is 0 Å². The molecule has 96 valence electrons. The van der Waals surface area contributed by atoms with Crippen molar-refractivity contribution in [3.05, 3.63) is 0 Å². The Labute approximate surface area is 99.1 Å². The molecule has 2 atom stereocenters. The van der Waals surface area contributed by atoms with Crippen LogP contribution < -0.4 is 0 Å². The average Bonchev–Trinajstić information content (AvgIpc) is 2.49. The summed E-state index contributed by atoms with van der Waals surface area (Å²) >= 11 is 0. The van der Waals surface area contributed by atoms with Crippen LogP contribution in [0, 0.1) is 0 Å². The molecule has 0 aromatic heterocycles. The Morgan fingerprint density at radius 2 is 1.88 bits per heavy atom. The molecule has 0 aromatic rings. The van der Waals surface area contributed by atoms with E-state index in [1.807, 2.05) is 0 Å². The highest BCUT2D eigenvalue weighted by Crippen LogP contribution is 2.20. The molecule has 0 spiro atoms. The number of rotatable bonds is 7. The molecule has 1 aliphatic rings. The van der Waals surface area contributed by atoms with Gasteiger partial charge >= 0.3 is 0 Å². The van der Waals surface area contributed by atoms with E-state index in [1.54, 1.807) is 0 Å².